The number of nitrogens with one attached hydrogen (secondary N) is 1. The molecule has 3 nitrogen and oxygen atoms in total. The molecule has 0 aliphatic rings. The molecule has 0 aromatic carbocycles. The smallest absolute Gasteiger partial charge is 0.121 e. The van der Waals surface area contributed by atoms with Crippen molar-refractivity contribution in [3.05, 3.63) is 23.0 Å². The van der Waals surface area contributed by atoms with E-state index in [-0.39, 0.29) is 5.88 Å². The molecule has 1 aromatic rings. The third-order valence-electron chi connectivity index (χ3n) is 2.01. The van der Waals surface area contributed by atoms with Crippen LogP contribution >= 0.6 is 11.6 Å². The number of H-pyrrole nitrogens is 1. The van der Waals surface area contributed by atoms with Crippen molar-refractivity contribution in [1.82, 2.24) is 4.98 Å². The summed E-state index contributed by atoms with van der Waals surface area (Å²) in [6.45, 7) is 3.78. The highest BCUT2D eigenvalue weighted by molar-refractivity contribution is 6.18. The summed E-state index contributed by atoms with van der Waals surface area (Å²) in [7, 11) is 0. The number of aryl methyl sites for hydroxylation is 2. The van der Waals surface area contributed by atoms with Crippen molar-refractivity contribution < 1.29 is 10.2 Å². The largest absolute Gasteiger partial charge is 0.389 e. The molecule has 1 rings (SSSR count). The maximum absolute atomic E-state index is 9.62. The molecule has 3 N–H and O–H groups in total. The molecule has 0 bridgehead atoms. The summed E-state index contributed by atoms with van der Waals surface area (Å²) in [5.41, 5.74) is 2.55. The number of hydrogen-bond acceptors (Lipinski definition) is 2. The Morgan fingerprint density at radius 3 is 2.46 bits per heavy atom. The van der Waals surface area contributed by atoms with Crippen LogP contribution in [0.2, 0.25) is 0 Å². The molecular formula is C9H14ClNO2. The lowest BCUT2D eigenvalue weighted by Crippen LogP contribution is -2.20. The molecular weight excluding hydrogens is 190 g/mol. The first kappa shape index (κ1) is 10.6. The summed E-state index contributed by atoms with van der Waals surface area (Å²) in [5.74, 6) is 0.0265. The van der Waals surface area contributed by atoms with Gasteiger partial charge in [-0.1, -0.05) is 0 Å². The zero-order valence-electron chi connectivity index (χ0n) is 7.71. The third kappa shape index (κ3) is 2.24. The number of rotatable bonds is 3. The summed E-state index contributed by atoms with van der Waals surface area (Å²) in [6, 6.07) is 1.92. The minimum absolute atomic E-state index is 0.0265. The number of alkyl halides is 1. The maximum Gasteiger partial charge on any atom is 0.121 e. The van der Waals surface area contributed by atoms with E-state index in [4.69, 9.17) is 11.6 Å². The van der Waals surface area contributed by atoms with Gasteiger partial charge in [-0.25, -0.2) is 0 Å². The van der Waals surface area contributed by atoms with Gasteiger partial charge in [0.25, 0.3) is 0 Å². The van der Waals surface area contributed by atoms with Crippen LogP contribution in [0.3, 0.4) is 0 Å². The van der Waals surface area contributed by atoms with Gasteiger partial charge >= 0.3 is 0 Å². The monoisotopic (exact) mass is 203 g/mol. The summed E-state index contributed by atoms with van der Waals surface area (Å²) in [6.07, 6.45) is -1.84. The molecule has 1 aromatic heterocycles. The quantitative estimate of drug-likeness (QED) is 0.648. The van der Waals surface area contributed by atoms with Crippen LogP contribution < -0.4 is 0 Å². The van der Waals surface area contributed by atoms with E-state index in [1.54, 1.807) is 0 Å². The van der Waals surface area contributed by atoms with Crippen molar-refractivity contribution in [3.8, 4) is 0 Å². The van der Waals surface area contributed by atoms with Gasteiger partial charge in [-0.2, -0.15) is 0 Å². The fourth-order valence-electron chi connectivity index (χ4n) is 1.33. The van der Waals surface area contributed by atoms with Crippen molar-refractivity contribution in [2.24, 2.45) is 0 Å². The third-order valence-corrected chi connectivity index (χ3v) is 2.32. The average Bonchev–Trinajstić information content (AvgIpc) is 2.42. The van der Waals surface area contributed by atoms with Crippen molar-refractivity contribution in [1.29, 1.82) is 0 Å². The van der Waals surface area contributed by atoms with Crippen molar-refractivity contribution in [2.75, 3.05) is 5.88 Å². The molecule has 0 amide bonds. The highest BCUT2D eigenvalue weighted by Gasteiger charge is 2.20. The zero-order chi connectivity index (χ0) is 10.0. The molecule has 0 radical (unpaired) electrons. The molecule has 1 heterocycles. The normalized spacial score (nSPS) is 15.8. The van der Waals surface area contributed by atoms with E-state index < -0.39 is 12.2 Å². The van der Waals surface area contributed by atoms with Crippen molar-refractivity contribution in [2.45, 2.75) is 26.1 Å². The SMILES string of the molecule is Cc1cc(C)c(C(O)C(O)CCl)[nH]1. The van der Waals surface area contributed by atoms with E-state index in [1.807, 2.05) is 19.9 Å². The van der Waals surface area contributed by atoms with Gasteiger partial charge in [0, 0.05) is 11.4 Å². The molecule has 0 fully saturated rings. The van der Waals surface area contributed by atoms with Crippen LogP contribution in [0.25, 0.3) is 0 Å². The van der Waals surface area contributed by atoms with Crippen LogP contribution in [-0.2, 0) is 0 Å². The van der Waals surface area contributed by atoms with Crippen molar-refractivity contribution >= 4 is 11.6 Å². The van der Waals surface area contributed by atoms with Gasteiger partial charge in [-0.3, -0.25) is 0 Å². The first-order valence-corrected chi connectivity index (χ1v) is 4.68. The minimum Gasteiger partial charge on any atom is -0.389 e. The van der Waals surface area contributed by atoms with Gasteiger partial charge in [-0.15, -0.1) is 11.6 Å². The van der Waals surface area contributed by atoms with Crippen LogP contribution in [0, 0.1) is 13.8 Å². The Balaban J connectivity index is 2.87. The lowest BCUT2D eigenvalue weighted by molar-refractivity contribution is 0.0299. The Kier molecular flexibility index (Phi) is 3.36. The van der Waals surface area contributed by atoms with E-state index in [1.165, 1.54) is 0 Å². The lowest BCUT2D eigenvalue weighted by atomic mass is 10.1. The maximum atomic E-state index is 9.62. The molecule has 0 aliphatic carbocycles. The molecule has 13 heavy (non-hydrogen) atoms. The van der Waals surface area contributed by atoms with Gasteiger partial charge in [0.15, 0.2) is 0 Å². The van der Waals surface area contributed by atoms with Gasteiger partial charge in [0.1, 0.15) is 6.10 Å². The molecule has 0 spiro atoms. The number of halogens is 1. The molecule has 2 unspecified atom stereocenters. The van der Waals surface area contributed by atoms with Gasteiger partial charge in [0.2, 0.25) is 0 Å². The molecule has 0 saturated heterocycles. The number of aliphatic hydroxyl groups excluding tert-OH is 2. The van der Waals surface area contributed by atoms with E-state index in [2.05, 4.69) is 4.98 Å². The first-order valence-electron chi connectivity index (χ1n) is 4.14. The fourth-order valence-corrected chi connectivity index (χ4v) is 1.50. The number of hydrogen-bond donors (Lipinski definition) is 3. The number of aromatic nitrogens is 1. The zero-order valence-corrected chi connectivity index (χ0v) is 8.47. The van der Waals surface area contributed by atoms with Gasteiger partial charge in [-0.05, 0) is 25.5 Å². The van der Waals surface area contributed by atoms with E-state index in [0.29, 0.717) is 5.69 Å². The highest BCUT2D eigenvalue weighted by atomic mass is 35.5. The highest BCUT2D eigenvalue weighted by Crippen LogP contribution is 2.21. The van der Waals surface area contributed by atoms with E-state index >= 15 is 0 Å². The first-order chi connectivity index (χ1) is 6.06. The predicted octanol–water partition coefficient (Wildman–Crippen LogP) is 1.26. The summed E-state index contributed by atoms with van der Waals surface area (Å²) in [5, 5.41) is 18.9. The minimum atomic E-state index is -0.925. The Hall–Kier alpha value is -0.510. The van der Waals surface area contributed by atoms with Crippen LogP contribution in [0.5, 0.6) is 0 Å². The van der Waals surface area contributed by atoms with Gasteiger partial charge < -0.3 is 15.2 Å². The van der Waals surface area contributed by atoms with Crippen LogP contribution in [0.15, 0.2) is 6.07 Å². The predicted molar refractivity (Wildman–Crippen MR) is 52.0 cm³/mol. The molecule has 2 atom stereocenters. The second-order valence-electron chi connectivity index (χ2n) is 3.22. The average molecular weight is 204 g/mol. The molecule has 74 valence electrons. The van der Waals surface area contributed by atoms with E-state index in [9.17, 15) is 10.2 Å². The Morgan fingerprint density at radius 1 is 1.46 bits per heavy atom. The summed E-state index contributed by atoms with van der Waals surface area (Å²) >= 11 is 5.43. The summed E-state index contributed by atoms with van der Waals surface area (Å²) in [4.78, 5) is 2.99. The van der Waals surface area contributed by atoms with E-state index in [0.717, 1.165) is 11.3 Å². The Labute approximate surface area is 82.4 Å². The molecule has 0 aliphatic heterocycles. The lowest BCUT2D eigenvalue weighted by Gasteiger charge is -2.14. The van der Waals surface area contributed by atoms with Gasteiger partial charge in [0.05, 0.1) is 12.0 Å². The molecule has 4 heteroatoms. The standard InChI is InChI=1S/C9H14ClNO2/c1-5-3-6(2)11-8(5)9(13)7(12)4-10/h3,7,9,11-13H,4H2,1-2H3. The topological polar surface area (TPSA) is 56.2 Å². The second kappa shape index (κ2) is 4.13. The second-order valence-corrected chi connectivity index (χ2v) is 3.52. The molecule has 0 saturated carbocycles. The van der Waals surface area contributed by atoms with Crippen LogP contribution in [0.1, 0.15) is 23.1 Å². The van der Waals surface area contributed by atoms with Crippen LogP contribution in [-0.4, -0.2) is 27.2 Å². The summed E-state index contributed by atoms with van der Waals surface area (Å²) < 4.78 is 0. The number of aliphatic hydroxyl groups is 2. The Bertz CT molecular complexity index is 285. The fraction of sp³-hybridized carbons (Fsp3) is 0.556. The number of aromatic amines is 1. The Morgan fingerprint density at radius 2 is 2.08 bits per heavy atom. The van der Waals surface area contributed by atoms with Crippen molar-refractivity contribution in [3.63, 3.8) is 0 Å². The van der Waals surface area contributed by atoms with Crippen LogP contribution in [0.4, 0.5) is 0 Å².